The van der Waals surface area contributed by atoms with E-state index in [0.717, 1.165) is 30.4 Å². The number of aliphatic imine (C=N–C) groups is 1. The van der Waals surface area contributed by atoms with Gasteiger partial charge in [-0.15, -0.1) is 0 Å². The second-order valence-electron chi connectivity index (χ2n) is 9.43. The Kier molecular flexibility index (Phi) is 3.89. The molecule has 6 nitrogen and oxygen atoms in total. The van der Waals surface area contributed by atoms with E-state index in [1.54, 1.807) is 4.90 Å². The van der Waals surface area contributed by atoms with Gasteiger partial charge in [-0.2, -0.15) is 0 Å². The lowest BCUT2D eigenvalue weighted by molar-refractivity contribution is 0.0854. The van der Waals surface area contributed by atoms with E-state index in [-0.39, 0.29) is 11.4 Å². The molecule has 3 atom stereocenters. The van der Waals surface area contributed by atoms with Crippen LogP contribution in [0.2, 0.25) is 0 Å². The zero-order chi connectivity index (χ0) is 20.5. The van der Waals surface area contributed by atoms with Crippen LogP contribution in [0.3, 0.4) is 0 Å². The molecule has 0 N–H and O–H groups in total. The van der Waals surface area contributed by atoms with Gasteiger partial charge in [-0.05, 0) is 44.1 Å². The molecule has 3 heterocycles. The van der Waals surface area contributed by atoms with Gasteiger partial charge in [0, 0.05) is 13.6 Å². The molecule has 2 aliphatic carbocycles. The number of nitrogens with zero attached hydrogens (tertiary/aromatic N) is 5. The Morgan fingerprint density at radius 3 is 2.73 bits per heavy atom. The second kappa shape index (κ2) is 6.43. The highest BCUT2D eigenvalue weighted by molar-refractivity contribution is 6.18. The summed E-state index contributed by atoms with van der Waals surface area (Å²) in [4.78, 5) is 27.9. The number of anilines is 1. The van der Waals surface area contributed by atoms with Gasteiger partial charge in [-0.3, -0.25) is 14.6 Å². The molecule has 0 saturated heterocycles. The van der Waals surface area contributed by atoms with Crippen LogP contribution in [0.5, 0.6) is 0 Å². The first kappa shape index (κ1) is 18.2. The molecule has 6 heteroatoms. The lowest BCUT2D eigenvalue weighted by Crippen LogP contribution is -2.58. The Labute approximate surface area is 177 Å². The maximum Gasteiger partial charge on any atom is 0.280 e. The van der Waals surface area contributed by atoms with Crippen molar-refractivity contribution in [3.63, 3.8) is 0 Å². The molecule has 4 aliphatic rings. The van der Waals surface area contributed by atoms with E-state index in [1.807, 2.05) is 32.2 Å². The zero-order valence-electron chi connectivity index (χ0n) is 17.8. The number of aromatic nitrogens is 2. The molecule has 156 valence electrons. The second-order valence-corrected chi connectivity index (χ2v) is 9.43. The summed E-state index contributed by atoms with van der Waals surface area (Å²) in [6.45, 7) is 2.68. The first-order valence-electron chi connectivity index (χ1n) is 11.4. The van der Waals surface area contributed by atoms with Gasteiger partial charge in [0.05, 0.1) is 11.6 Å². The number of carbonyl (C=O) groups is 1. The smallest absolute Gasteiger partial charge is 0.280 e. The van der Waals surface area contributed by atoms with Crippen molar-refractivity contribution < 1.29 is 4.79 Å². The van der Waals surface area contributed by atoms with Gasteiger partial charge in [-0.25, -0.2) is 9.98 Å². The van der Waals surface area contributed by atoms with E-state index in [0.29, 0.717) is 24.2 Å². The molecular weight excluding hydrogens is 374 g/mol. The van der Waals surface area contributed by atoms with Gasteiger partial charge in [0.15, 0.2) is 11.5 Å². The summed E-state index contributed by atoms with van der Waals surface area (Å²) in [5.74, 6) is 3.21. The highest BCUT2D eigenvalue weighted by Crippen LogP contribution is 2.53. The van der Waals surface area contributed by atoms with Gasteiger partial charge in [-0.1, -0.05) is 49.6 Å². The van der Waals surface area contributed by atoms with Crippen molar-refractivity contribution in [2.24, 2.45) is 10.9 Å². The Hall–Kier alpha value is -2.63. The Balaban J connectivity index is 1.48. The van der Waals surface area contributed by atoms with Crippen LogP contribution >= 0.6 is 0 Å². The fourth-order valence-electron chi connectivity index (χ4n) is 6.46. The van der Waals surface area contributed by atoms with Crippen LogP contribution in [0.25, 0.3) is 0 Å². The number of rotatable bonds is 2. The van der Waals surface area contributed by atoms with Crippen molar-refractivity contribution in [1.29, 1.82) is 0 Å². The molecule has 6 rings (SSSR count). The third kappa shape index (κ3) is 2.33. The van der Waals surface area contributed by atoms with Crippen LogP contribution in [-0.4, -0.2) is 44.9 Å². The molecular formula is C24H29N5O. The van der Waals surface area contributed by atoms with E-state index in [9.17, 15) is 4.79 Å². The summed E-state index contributed by atoms with van der Waals surface area (Å²) in [5.41, 5.74) is 1.87. The van der Waals surface area contributed by atoms with Crippen LogP contribution in [0, 0.1) is 12.8 Å². The number of carbonyl (C=O) groups excluding carboxylic acids is 1. The number of guanidine groups is 1. The molecule has 0 radical (unpaired) electrons. The Morgan fingerprint density at radius 2 is 1.90 bits per heavy atom. The van der Waals surface area contributed by atoms with Gasteiger partial charge in [0.2, 0.25) is 5.96 Å². The number of hydrogen-bond donors (Lipinski definition) is 0. The number of fused-ring (bicyclic) bond motifs is 4. The van der Waals surface area contributed by atoms with Crippen molar-refractivity contribution in [1.82, 2.24) is 14.5 Å². The highest BCUT2D eigenvalue weighted by atomic mass is 16.2. The predicted octanol–water partition coefficient (Wildman–Crippen LogP) is 3.98. The largest absolute Gasteiger partial charge is 0.318 e. The van der Waals surface area contributed by atoms with E-state index in [1.165, 1.54) is 37.7 Å². The van der Waals surface area contributed by atoms with Crippen LogP contribution < -0.4 is 4.90 Å². The van der Waals surface area contributed by atoms with E-state index < -0.39 is 0 Å². The number of amides is 1. The molecule has 1 aromatic carbocycles. The summed E-state index contributed by atoms with van der Waals surface area (Å²) in [7, 11) is 1.89. The fraction of sp³-hybridized carbons (Fsp3) is 0.542. The molecule has 1 aromatic heterocycles. The first-order chi connectivity index (χ1) is 14.6. The third-order valence-corrected chi connectivity index (χ3v) is 7.89. The molecule has 30 heavy (non-hydrogen) atoms. The SMILES string of the molecule is Cc1nc2c(n1Cc1ccccc1)C(=O)N(C)C1=NC34CCCCC3CCCC4N12. The van der Waals surface area contributed by atoms with Gasteiger partial charge in [0.1, 0.15) is 5.82 Å². The Bertz CT molecular complexity index is 1040. The van der Waals surface area contributed by atoms with Crippen LogP contribution in [0.15, 0.2) is 35.3 Å². The zero-order valence-corrected chi connectivity index (χ0v) is 17.8. The van der Waals surface area contributed by atoms with Crippen molar-refractivity contribution in [2.75, 3.05) is 11.9 Å². The van der Waals surface area contributed by atoms with Crippen molar-refractivity contribution in [3.8, 4) is 0 Å². The monoisotopic (exact) mass is 403 g/mol. The fourth-order valence-corrected chi connectivity index (χ4v) is 6.46. The normalized spacial score (nSPS) is 29.8. The minimum atomic E-state index is -0.0287. The summed E-state index contributed by atoms with van der Waals surface area (Å²) in [6, 6.07) is 10.7. The topological polar surface area (TPSA) is 53.7 Å². The molecule has 2 fully saturated rings. The minimum Gasteiger partial charge on any atom is -0.318 e. The highest BCUT2D eigenvalue weighted by Gasteiger charge is 2.59. The molecule has 3 unspecified atom stereocenters. The van der Waals surface area contributed by atoms with Gasteiger partial charge in [0.25, 0.3) is 5.91 Å². The quantitative estimate of drug-likeness (QED) is 0.762. The number of imidazole rings is 1. The summed E-state index contributed by atoms with van der Waals surface area (Å²) in [5, 5.41) is 0. The Morgan fingerprint density at radius 1 is 1.10 bits per heavy atom. The van der Waals surface area contributed by atoms with Gasteiger partial charge >= 0.3 is 0 Å². The minimum absolute atomic E-state index is 0.0129. The van der Waals surface area contributed by atoms with Crippen LogP contribution in [-0.2, 0) is 6.54 Å². The van der Waals surface area contributed by atoms with Crippen LogP contribution in [0.4, 0.5) is 5.82 Å². The first-order valence-corrected chi connectivity index (χ1v) is 11.4. The third-order valence-electron chi connectivity index (χ3n) is 7.89. The summed E-state index contributed by atoms with van der Waals surface area (Å²) in [6.07, 6.45) is 8.62. The number of hydrogen-bond acceptors (Lipinski definition) is 4. The summed E-state index contributed by atoms with van der Waals surface area (Å²) >= 11 is 0. The van der Waals surface area contributed by atoms with Crippen molar-refractivity contribution in [2.45, 2.75) is 70.0 Å². The van der Waals surface area contributed by atoms with Crippen LogP contribution in [0.1, 0.15) is 66.8 Å². The van der Waals surface area contributed by atoms with E-state index >= 15 is 0 Å². The molecule has 2 aromatic rings. The molecule has 1 spiro atoms. The lowest BCUT2D eigenvalue weighted by atomic mass is 9.63. The molecule has 1 amide bonds. The van der Waals surface area contributed by atoms with Crippen molar-refractivity contribution >= 4 is 17.7 Å². The standard InChI is InChI=1S/C24H29N5O/c1-16-25-21-20(28(16)15-17-9-4-3-5-10-17)22(30)27(2)23-26-24-14-7-6-11-18(24)12-8-13-19(24)29(21)23/h3-5,9-10,18-19H,6-8,11-15H2,1-2H3. The summed E-state index contributed by atoms with van der Waals surface area (Å²) < 4.78 is 2.09. The number of benzene rings is 1. The van der Waals surface area contributed by atoms with Crippen molar-refractivity contribution in [3.05, 3.63) is 47.4 Å². The van der Waals surface area contributed by atoms with Gasteiger partial charge < -0.3 is 4.57 Å². The molecule has 2 aliphatic heterocycles. The lowest BCUT2D eigenvalue weighted by Gasteiger charge is -2.48. The van der Waals surface area contributed by atoms with E-state index in [2.05, 4.69) is 21.6 Å². The average molecular weight is 404 g/mol. The maximum atomic E-state index is 13.5. The predicted molar refractivity (Wildman–Crippen MR) is 117 cm³/mol. The maximum absolute atomic E-state index is 13.5. The average Bonchev–Trinajstić information content (AvgIpc) is 3.27. The van der Waals surface area contributed by atoms with E-state index in [4.69, 9.17) is 9.98 Å². The molecule has 2 saturated carbocycles. The molecule has 0 bridgehead atoms. The number of aryl methyl sites for hydroxylation is 1.